The summed E-state index contributed by atoms with van der Waals surface area (Å²) in [5.41, 5.74) is 2.02. The number of carbonyl (C=O) groups excluding carboxylic acids is 1. The number of hydrogen-bond acceptors (Lipinski definition) is 5. The fraction of sp³-hybridized carbons (Fsp3) is 0.316. The van der Waals surface area contributed by atoms with Gasteiger partial charge >= 0.3 is 5.97 Å². The van der Waals surface area contributed by atoms with Crippen LogP contribution in [0.5, 0.6) is 5.75 Å². The third-order valence-corrected chi connectivity index (χ3v) is 3.80. The van der Waals surface area contributed by atoms with E-state index in [1.54, 1.807) is 25.3 Å². The molecule has 0 saturated heterocycles. The van der Waals surface area contributed by atoms with Gasteiger partial charge in [0, 0.05) is 13.2 Å². The van der Waals surface area contributed by atoms with E-state index in [0.717, 1.165) is 11.0 Å². The Morgan fingerprint density at radius 1 is 1.12 bits per heavy atom. The highest BCUT2D eigenvalue weighted by Gasteiger charge is 2.22. The molecule has 2 heterocycles. The van der Waals surface area contributed by atoms with Gasteiger partial charge in [-0.25, -0.2) is 14.8 Å². The summed E-state index contributed by atoms with van der Waals surface area (Å²) >= 11 is 0. The molecule has 0 aliphatic heterocycles. The number of rotatable bonds is 5. The van der Waals surface area contributed by atoms with Crippen molar-refractivity contribution in [3.8, 4) is 5.75 Å². The first-order valence-corrected chi connectivity index (χ1v) is 8.21. The first-order valence-electron chi connectivity index (χ1n) is 8.21. The van der Waals surface area contributed by atoms with Gasteiger partial charge in [-0.15, -0.1) is 0 Å². The zero-order chi connectivity index (χ0) is 18.0. The van der Waals surface area contributed by atoms with E-state index < -0.39 is 12.1 Å². The minimum atomic E-state index is -0.532. The molecule has 6 nitrogen and oxygen atoms in total. The monoisotopic (exact) mass is 339 g/mol. The van der Waals surface area contributed by atoms with E-state index in [9.17, 15) is 4.79 Å². The highest BCUT2D eigenvalue weighted by molar-refractivity contribution is 5.90. The highest BCUT2D eigenvalue weighted by Crippen LogP contribution is 2.24. The molecule has 3 aromatic rings. The molecular weight excluding hydrogens is 318 g/mol. The summed E-state index contributed by atoms with van der Waals surface area (Å²) in [5, 5.41) is 0. The summed E-state index contributed by atoms with van der Waals surface area (Å²) in [7, 11) is 1.91. The number of carbonyl (C=O) groups is 1. The zero-order valence-electron chi connectivity index (χ0n) is 14.8. The van der Waals surface area contributed by atoms with Gasteiger partial charge in [0.05, 0.1) is 17.1 Å². The van der Waals surface area contributed by atoms with Crippen LogP contribution in [0.1, 0.15) is 43.2 Å². The maximum Gasteiger partial charge on any atom is 0.361 e. The van der Waals surface area contributed by atoms with Crippen LogP contribution in [-0.2, 0) is 11.8 Å². The number of aromatic nitrogens is 3. The van der Waals surface area contributed by atoms with E-state index >= 15 is 0 Å². The Bertz CT molecular complexity index is 902. The molecule has 2 aromatic heterocycles. The van der Waals surface area contributed by atoms with E-state index in [0.29, 0.717) is 11.6 Å². The number of nitrogens with zero attached hydrogens (tertiary/aromatic N) is 3. The van der Waals surface area contributed by atoms with Gasteiger partial charge in [0.25, 0.3) is 0 Å². The van der Waals surface area contributed by atoms with Crippen LogP contribution in [0.25, 0.3) is 11.0 Å². The van der Waals surface area contributed by atoms with E-state index in [2.05, 4.69) is 9.97 Å². The van der Waals surface area contributed by atoms with Crippen molar-refractivity contribution in [2.75, 3.05) is 0 Å². The maximum atomic E-state index is 12.6. The number of fused-ring (bicyclic) bond motifs is 1. The molecule has 0 aliphatic carbocycles. The molecular formula is C19H21N3O3. The summed E-state index contributed by atoms with van der Waals surface area (Å²) in [4.78, 5) is 21.2. The normalized spacial score (nSPS) is 12.4. The molecule has 3 rings (SSSR count). The minimum Gasteiger partial charge on any atom is -0.488 e. The quantitative estimate of drug-likeness (QED) is 0.664. The number of pyridine rings is 1. The molecule has 1 aromatic carbocycles. The fourth-order valence-corrected chi connectivity index (χ4v) is 2.69. The summed E-state index contributed by atoms with van der Waals surface area (Å²) in [6.07, 6.45) is 0.968. The van der Waals surface area contributed by atoms with E-state index in [-0.39, 0.29) is 11.8 Å². The number of esters is 1. The van der Waals surface area contributed by atoms with Crippen LogP contribution in [0.4, 0.5) is 0 Å². The molecule has 0 spiro atoms. The van der Waals surface area contributed by atoms with E-state index in [4.69, 9.17) is 9.47 Å². The summed E-state index contributed by atoms with van der Waals surface area (Å²) < 4.78 is 13.2. The van der Waals surface area contributed by atoms with Crippen molar-refractivity contribution in [1.29, 1.82) is 0 Å². The highest BCUT2D eigenvalue weighted by atomic mass is 16.5. The van der Waals surface area contributed by atoms with Crippen LogP contribution in [0.2, 0.25) is 0 Å². The second-order valence-electron chi connectivity index (χ2n) is 6.08. The number of imidazole rings is 1. The van der Waals surface area contributed by atoms with Crippen LogP contribution >= 0.6 is 0 Å². The Morgan fingerprint density at radius 2 is 1.88 bits per heavy atom. The fourth-order valence-electron chi connectivity index (χ4n) is 2.69. The zero-order valence-corrected chi connectivity index (χ0v) is 14.8. The Hall–Kier alpha value is -2.89. The lowest BCUT2D eigenvalue weighted by atomic mass is 10.3. The van der Waals surface area contributed by atoms with Gasteiger partial charge in [0.15, 0.2) is 23.4 Å². The number of ether oxygens (including phenoxy) is 2. The van der Waals surface area contributed by atoms with Gasteiger partial charge in [-0.2, -0.15) is 0 Å². The maximum absolute atomic E-state index is 12.6. The van der Waals surface area contributed by atoms with Crippen molar-refractivity contribution < 1.29 is 14.3 Å². The largest absolute Gasteiger partial charge is 0.488 e. The molecule has 1 atom stereocenters. The lowest BCUT2D eigenvalue weighted by Gasteiger charge is -2.15. The molecule has 0 saturated carbocycles. The Morgan fingerprint density at radius 3 is 2.60 bits per heavy atom. The van der Waals surface area contributed by atoms with E-state index in [1.165, 1.54) is 0 Å². The Balaban J connectivity index is 1.84. The Labute approximate surface area is 146 Å². The van der Waals surface area contributed by atoms with Crippen LogP contribution in [0.15, 0.2) is 42.6 Å². The second kappa shape index (κ2) is 6.93. The third-order valence-electron chi connectivity index (χ3n) is 3.80. The van der Waals surface area contributed by atoms with Crippen molar-refractivity contribution >= 4 is 17.0 Å². The van der Waals surface area contributed by atoms with Gasteiger partial charge in [0.1, 0.15) is 0 Å². The van der Waals surface area contributed by atoms with E-state index in [1.807, 2.05) is 49.7 Å². The molecule has 0 radical (unpaired) electrons. The first-order chi connectivity index (χ1) is 12.0. The van der Waals surface area contributed by atoms with Gasteiger partial charge < -0.3 is 14.0 Å². The lowest BCUT2D eigenvalue weighted by Crippen LogP contribution is -2.16. The molecule has 0 fully saturated rings. The van der Waals surface area contributed by atoms with Crippen molar-refractivity contribution in [3.05, 3.63) is 54.1 Å². The second-order valence-corrected chi connectivity index (χ2v) is 6.08. The number of para-hydroxylation sites is 2. The molecule has 130 valence electrons. The first kappa shape index (κ1) is 17.0. The van der Waals surface area contributed by atoms with Gasteiger partial charge in [-0.1, -0.05) is 12.1 Å². The number of benzene rings is 1. The predicted octanol–water partition coefficient (Wildman–Crippen LogP) is 3.67. The molecule has 0 aliphatic rings. The number of hydrogen-bond donors (Lipinski definition) is 0. The van der Waals surface area contributed by atoms with Crippen LogP contribution in [0, 0.1) is 0 Å². The molecule has 0 N–H and O–H groups in total. The molecule has 0 unspecified atom stereocenters. The minimum absolute atomic E-state index is 0.0620. The van der Waals surface area contributed by atoms with Crippen LogP contribution in [-0.4, -0.2) is 26.6 Å². The van der Waals surface area contributed by atoms with Crippen LogP contribution < -0.4 is 4.74 Å². The summed E-state index contributed by atoms with van der Waals surface area (Å²) in [6.45, 7) is 5.58. The van der Waals surface area contributed by atoms with Crippen molar-refractivity contribution in [3.63, 3.8) is 0 Å². The van der Waals surface area contributed by atoms with Crippen molar-refractivity contribution in [1.82, 2.24) is 14.5 Å². The summed E-state index contributed by atoms with van der Waals surface area (Å²) in [6, 6.07) is 11.2. The summed E-state index contributed by atoms with van der Waals surface area (Å²) in [5.74, 6) is 0.562. The Kier molecular flexibility index (Phi) is 4.70. The molecule has 6 heteroatoms. The molecule has 25 heavy (non-hydrogen) atoms. The average molecular weight is 339 g/mol. The topological polar surface area (TPSA) is 66.2 Å². The smallest absolute Gasteiger partial charge is 0.361 e. The third kappa shape index (κ3) is 3.47. The predicted molar refractivity (Wildman–Crippen MR) is 94.5 cm³/mol. The number of aryl methyl sites for hydroxylation is 1. The van der Waals surface area contributed by atoms with Crippen molar-refractivity contribution in [2.24, 2.45) is 7.05 Å². The van der Waals surface area contributed by atoms with Gasteiger partial charge in [0.2, 0.25) is 0 Å². The average Bonchev–Trinajstić information content (AvgIpc) is 2.92. The lowest BCUT2D eigenvalue weighted by molar-refractivity contribution is 0.0302. The van der Waals surface area contributed by atoms with Gasteiger partial charge in [-0.05, 0) is 45.0 Å². The molecule has 0 amide bonds. The standard InChI is InChI=1S/C19H21N3O3/c1-12(2)24-16-10-7-11-20-17(16)19(23)25-13(3)18-21-14-8-5-6-9-15(14)22(18)4/h5-13H,1-4H3/t13-/m0/s1. The van der Waals surface area contributed by atoms with Gasteiger partial charge in [-0.3, -0.25) is 0 Å². The SMILES string of the molecule is CC(C)Oc1cccnc1C(=O)O[C@@H](C)c1nc2ccccc2n1C. The molecule has 0 bridgehead atoms. The van der Waals surface area contributed by atoms with Crippen LogP contribution in [0.3, 0.4) is 0 Å². The van der Waals surface area contributed by atoms with Crippen molar-refractivity contribution in [2.45, 2.75) is 33.0 Å².